The molecular formula is C81H140O17P2. The van der Waals surface area contributed by atoms with E-state index in [2.05, 4.69) is 137 Å². The SMILES string of the molecule is CC/C=C\C/C=C\C/C=C\C/C=C\C/C=C\CCCCCC(=O)OCC(COP(=O)(O)OCC(O)COP(=O)(O)OCC(COC(=O)CCCCCCCCCCCCCCC)OC(=O)CCCCCCCCCCCCC)OC(=O)CCCCCC/C=C\C/C=C\C/C=C\C/C=C\CC. The van der Waals surface area contributed by atoms with Crippen LogP contribution in [0, 0.1) is 0 Å². The van der Waals surface area contributed by atoms with Gasteiger partial charge in [-0.3, -0.25) is 37.3 Å². The highest BCUT2D eigenvalue weighted by Gasteiger charge is 2.30. The summed E-state index contributed by atoms with van der Waals surface area (Å²) >= 11 is 0. The number of unbranched alkanes of at least 4 members (excludes halogenated alkanes) is 29. The Morgan fingerprint density at radius 1 is 0.290 bits per heavy atom. The van der Waals surface area contributed by atoms with Crippen molar-refractivity contribution in [3.05, 3.63) is 109 Å². The molecule has 0 aromatic carbocycles. The number of rotatable bonds is 73. The van der Waals surface area contributed by atoms with Crippen LogP contribution in [0.3, 0.4) is 0 Å². The highest BCUT2D eigenvalue weighted by Crippen LogP contribution is 2.45. The highest BCUT2D eigenvalue weighted by molar-refractivity contribution is 7.47. The first kappa shape index (κ1) is 95.7. The minimum Gasteiger partial charge on any atom is -0.462 e. The highest BCUT2D eigenvalue weighted by atomic mass is 31.2. The van der Waals surface area contributed by atoms with Crippen molar-refractivity contribution < 1.29 is 80.2 Å². The molecule has 3 N–H and O–H groups in total. The van der Waals surface area contributed by atoms with Crippen LogP contribution in [0.5, 0.6) is 0 Å². The van der Waals surface area contributed by atoms with E-state index in [4.69, 9.17) is 37.0 Å². The van der Waals surface area contributed by atoms with Gasteiger partial charge in [0.1, 0.15) is 19.3 Å². The van der Waals surface area contributed by atoms with Crippen LogP contribution in [0.1, 0.15) is 323 Å². The maximum Gasteiger partial charge on any atom is 0.472 e. The molecule has 5 unspecified atom stereocenters. The molecule has 0 aliphatic heterocycles. The molecule has 19 heteroatoms. The number of aliphatic hydroxyl groups excluding tert-OH is 1. The van der Waals surface area contributed by atoms with Crippen molar-refractivity contribution in [1.82, 2.24) is 0 Å². The number of hydrogen-bond donors (Lipinski definition) is 3. The molecule has 0 aliphatic rings. The van der Waals surface area contributed by atoms with Gasteiger partial charge in [-0.1, -0.05) is 298 Å². The van der Waals surface area contributed by atoms with Crippen molar-refractivity contribution in [2.75, 3.05) is 39.6 Å². The zero-order valence-corrected chi connectivity index (χ0v) is 64.6. The number of phosphoric acid groups is 2. The molecule has 0 rings (SSSR count). The standard InChI is InChI=1S/C81H140O17P2/c1-5-9-13-17-21-25-29-32-34-36-37-39-40-43-47-50-54-58-62-66-79(84)92-72-77(98-81(86)68-64-60-56-52-48-44-41-38-35-33-30-26-22-18-14-10-6-2)74-96-100(89,90)94-70-75(82)69-93-99(87,88)95-73-76(97-80(85)67-63-59-55-51-45-28-24-20-16-12-8-4)71-91-78(83)65-61-57-53-49-46-42-31-27-23-19-15-11-7-3/h9-10,13-14,21-22,25-26,32-35,37,39,41,43-44,47,75-77,82H,5-8,11-12,15-20,23-24,27-31,36,38,40,42,45-46,48-74H2,1-4H3,(H,87,88)(H,89,90)/b13-9-,14-10-,25-21-,26-22-,34-32-,35-33-,39-37-,44-41-,47-43-. The van der Waals surface area contributed by atoms with Gasteiger partial charge in [-0.05, 0) is 109 Å². The summed E-state index contributed by atoms with van der Waals surface area (Å²) in [5.74, 6) is -2.22. The fourth-order valence-corrected chi connectivity index (χ4v) is 11.9. The maximum atomic E-state index is 13.1. The fourth-order valence-electron chi connectivity index (χ4n) is 10.4. The van der Waals surface area contributed by atoms with Gasteiger partial charge in [-0.25, -0.2) is 9.13 Å². The molecule has 0 fully saturated rings. The van der Waals surface area contributed by atoms with Crippen LogP contribution >= 0.6 is 15.6 Å². The summed E-state index contributed by atoms with van der Waals surface area (Å²) in [5, 5.41) is 10.6. The van der Waals surface area contributed by atoms with E-state index in [1.165, 1.54) is 96.3 Å². The lowest BCUT2D eigenvalue weighted by Gasteiger charge is -2.21. The Hall–Kier alpha value is -4.28. The van der Waals surface area contributed by atoms with E-state index < -0.39 is 97.5 Å². The summed E-state index contributed by atoms with van der Waals surface area (Å²) in [6.45, 7) is 4.60. The normalized spacial score (nSPS) is 14.5. The second kappa shape index (κ2) is 73.0. The molecule has 100 heavy (non-hydrogen) atoms. The van der Waals surface area contributed by atoms with E-state index in [0.717, 1.165) is 148 Å². The fraction of sp³-hybridized carbons (Fsp3) is 0.728. The number of allylic oxidation sites excluding steroid dienone is 18. The molecule has 17 nitrogen and oxygen atoms in total. The van der Waals surface area contributed by atoms with Crippen LogP contribution < -0.4 is 0 Å². The second-order valence-corrected chi connectivity index (χ2v) is 28.8. The summed E-state index contributed by atoms with van der Waals surface area (Å²) in [7, 11) is -9.96. The second-order valence-electron chi connectivity index (χ2n) is 25.9. The Bertz CT molecular complexity index is 2320. The zero-order chi connectivity index (χ0) is 73.2. The maximum absolute atomic E-state index is 13.1. The lowest BCUT2D eigenvalue weighted by atomic mass is 10.0. The lowest BCUT2D eigenvalue weighted by molar-refractivity contribution is -0.161. The predicted molar refractivity (Wildman–Crippen MR) is 408 cm³/mol. The molecule has 0 saturated heterocycles. The summed E-state index contributed by atoms with van der Waals surface area (Å²) in [4.78, 5) is 72.9. The third kappa shape index (κ3) is 72.1. The number of hydrogen-bond acceptors (Lipinski definition) is 15. The topological polar surface area (TPSA) is 237 Å². The minimum atomic E-state index is -4.99. The van der Waals surface area contributed by atoms with Gasteiger partial charge in [0.05, 0.1) is 26.4 Å². The first-order chi connectivity index (χ1) is 48.7. The third-order valence-electron chi connectivity index (χ3n) is 16.3. The largest absolute Gasteiger partial charge is 0.472 e. The van der Waals surface area contributed by atoms with Crippen molar-refractivity contribution in [2.24, 2.45) is 0 Å². The number of esters is 4. The van der Waals surface area contributed by atoms with Crippen LogP contribution in [0.4, 0.5) is 0 Å². The molecule has 5 atom stereocenters. The van der Waals surface area contributed by atoms with E-state index in [-0.39, 0.29) is 25.7 Å². The molecule has 0 aliphatic carbocycles. The van der Waals surface area contributed by atoms with E-state index in [1.54, 1.807) is 0 Å². The Morgan fingerprint density at radius 2 is 0.520 bits per heavy atom. The molecule has 0 radical (unpaired) electrons. The van der Waals surface area contributed by atoms with Gasteiger partial charge in [-0.15, -0.1) is 0 Å². The molecule has 0 heterocycles. The van der Waals surface area contributed by atoms with Crippen molar-refractivity contribution in [1.29, 1.82) is 0 Å². The minimum absolute atomic E-state index is 0.0580. The average molecular weight is 1450 g/mol. The molecule has 576 valence electrons. The van der Waals surface area contributed by atoms with E-state index >= 15 is 0 Å². The van der Waals surface area contributed by atoms with Crippen molar-refractivity contribution in [3.63, 3.8) is 0 Å². The Kier molecular flexibility index (Phi) is 69.9. The van der Waals surface area contributed by atoms with Gasteiger partial charge >= 0.3 is 39.5 Å². The number of carbonyl (C=O) groups is 4. The van der Waals surface area contributed by atoms with Crippen LogP contribution in [-0.4, -0.2) is 96.7 Å². The first-order valence-electron chi connectivity index (χ1n) is 39.1. The van der Waals surface area contributed by atoms with Crippen LogP contribution in [-0.2, 0) is 65.4 Å². The van der Waals surface area contributed by atoms with Gasteiger partial charge in [0.2, 0.25) is 0 Å². The smallest absolute Gasteiger partial charge is 0.462 e. The van der Waals surface area contributed by atoms with Gasteiger partial charge in [0.15, 0.2) is 12.2 Å². The molecule has 0 spiro atoms. The molecule has 0 amide bonds. The molecule has 0 aromatic rings. The van der Waals surface area contributed by atoms with E-state index in [9.17, 15) is 43.2 Å². The van der Waals surface area contributed by atoms with Crippen LogP contribution in [0.2, 0.25) is 0 Å². The van der Waals surface area contributed by atoms with Crippen LogP contribution in [0.25, 0.3) is 0 Å². The lowest BCUT2D eigenvalue weighted by Crippen LogP contribution is -2.30. The van der Waals surface area contributed by atoms with E-state index in [1.807, 2.05) is 0 Å². The Morgan fingerprint density at radius 3 is 0.810 bits per heavy atom. The molecule has 0 saturated carbocycles. The quantitative estimate of drug-likeness (QED) is 0.0169. The average Bonchev–Trinajstić information content (AvgIpc) is 0.930. The van der Waals surface area contributed by atoms with Crippen LogP contribution in [0.15, 0.2) is 109 Å². The van der Waals surface area contributed by atoms with Gasteiger partial charge in [-0.2, -0.15) is 0 Å². The number of carbonyl (C=O) groups excluding carboxylic acids is 4. The molecule has 0 aromatic heterocycles. The summed E-state index contributed by atoms with van der Waals surface area (Å²) < 4.78 is 68.5. The Balaban J connectivity index is 5.38. The summed E-state index contributed by atoms with van der Waals surface area (Å²) in [6.07, 6.45) is 77.9. The van der Waals surface area contributed by atoms with Gasteiger partial charge < -0.3 is 33.8 Å². The Labute approximate surface area is 607 Å². The zero-order valence-electron chi connectivity index (χ0n) is 62.8. The monoisotopic (exact) mass is 1450 g/mol. The van der Waals surface area contributed by atoms with Crippen molar-refractivity contribution in [2.45, 2.75) is 341 Å². The number of aliphatic hydroxyl groups is 1. The summed E-state index contributed by atoms with van der Waals surface area (Å²) in [6, 6.07) is 0. The van der Waals surface area contributed by atoms with Gasteiger partial charge in [0, 0.05) is 25.7 Å². The molecular weight excluding hydrogens is 1310 g/mol. The van der Waals surface area contributed by atoms with Crippen molar-refractivity contribution >= 4 is 39.5 Å². The number of ether oxygens (including phenoxy) is 4. The first-order valence-corrected chi connectivity index (χ1v) is 42.1. The van der Waals surface area contributed by atoms with Crippen molar-refractivity contribution in [3.8, 4) is 0 Å². The van der Waals surface area contributed by atoms with Gasteiger partial charge in [0.25, 0.3) is 0 Å². The third-order valence-corrected chi connectivity index (χ3v) is 18.2. The molecule has 0 bridgehead atoms. The predicted octanol–water partition coefficient (Wildman–Crippen LogP) is 22.6. The van der Waals surface area contributed by atoms with E-state index in [0.29, 0.717) is 25.7 Å². The number of phosphoric ester groups is 2. The summed E-state index contributed by atoms with van der Waals surface area (Å²) in [5.41, 5.74) is 0.